The van der Waals surface area contributed by atoms with E-state index in [4.69, 9.17) is 11.6 Å². The van der Waals surface area contributed by atoms with Crippen molar-refractivity contribution in [1.82, 2.24) is 4.90 Å². The molecule has 6 heteroatoms. The van der Waals surface area contributed by atoms with E-state index in [-0.39, 0.29) is 4.91 Å². The highest BCUT2D eigenvalue weighted by Gasteiger charge is 2.35. The molecule has 0 N–H and O–H groups in total. The Labute approximate surface area is 125 Å². The topological polar surface area (TPSA) is 54.5 Å². The smallest absolute Gasteiger partial charge is 0.279 e. The zero-order valence-corrected chi connectivity index (χ0v) is 11.9. The van der Waals surface area contributed by atoms with Crippen molar-refractivity contribution in [3.05, 3.63) is 53.0 Å². The van der Waals surface area contributed by atoms with Gasteiger partial charge in [-0.25, -0.2) is 0 Å². The van der Waals surface area contributed by atoms with Crippen LogP contribution in [-0.4, -0.2) is 27.8 Å². The van der Waals surface area contributed by atoms with Crippen LogP contribution in [0.2, 0.25) is 0 Å². The van der Waals surface area contributed by atoms with Crippen LogP contribution >= 0.6 is 23.4 Å². The highest BCUT2D eigenvalue weighted by molar-refractivity contribution is 8.18. The van der Waals surface area contributed by atoms with Crippen molar-refractivity contribution in [3.63, 3.8) is 0 Å². The van der Waals surface area contributed by atoms with Crippen LogP contribution in [0.15, 0.2) is 47.4 Å². The molecule has 20 heavy (non-hydrogen) atoms. The second-order valence-electron chi connectivity index (χ2n) is 3.92. The van der Waals surface area contributed by atoms with E-state index in [0.29, 0.717) is 0 Å². The zero-order chi connectivity index (χ0) is 14.5. The van der Waals surface area contributed by atoms with Gasteiger partial charge < -0.3 is 0 Å². The minimum absolute atomic E-state index is 0.278. The van der Waals surface area contributed by atoms with Crippen LogP contribution in [-0.2, 0) is 9.59 Å². The van der Waals surface area contributed by atoms with Gasteiger partial charge in [-0.15, -0.1) is 0 Å². The van der Waals surface area contributed by atoms with Crippen LogP contribution in [0.25, 0.3) is 6.08 Å². The first-order valence-electron chi connectivity index (χ1n) is 5.73. The highest BCUT2D eigenvalue weighted by atomic mass is 35.5. The molecule has 1 aromatic carbocycles. The summed E-state index contributed by atoms with van der Waals surface area (Å²) < 4.78 is 0. The Kier molecular flexibility index (Phi) is 4.76. The highest BCUT2D eigenvalue weighted by Crippen LogP contribution is 2.30. The van der Waals surface area contributed by atoms with Crippen LogP contribution in [0.5, 0.6) is 0 Å². The molecule has 0 saturated carbocycles. The number of allylic oxidation sites excluding steroid dienone is 2. The molecule has 1 aromatic rings. The van der Waals surface area contributed by atoms with Crippen molar-refractivity contribution < 1.29 is 14.4 Å². The minimum atomic E-state index is -0.742. The SMILES string of the molecule is O=C(Cl)CN1C(=O)SC(=CC=Cc2ccccc2)C1=O. The van der Waals surface area contributed by atoms with Gasteiger partial charge in [-0.3, -0.25) is 19.3 Å². The number of imide groups is 1. The first-order chi connectivity index (χ1) is 9.58. The summed E-state index contributed by atoms with van der Waals surface area (Å²) in [6.45, 7) is -0.397. The first-order valence-corrected chi connectivity index (χ1v) is 6.93. The molecule has 2 rings (SSSR count). The summed E-state index contributed by atoms with van der Waals surface area (Å²) in [5.74, 6) is -0.494. The van der Waals surface area contributed by atoms with Crippen LogP contribution < -0.4 is 0 Å². The molecular formula is C14H10ClNO3S. The maximum atomic E-state index is 11.9. The summed E-state index contributed by atoms with van der Waals surface area (Å²) in [5, 5.41) is -1.23. The number of rotatable bonds is 4. The lowest BCUT2D eigenvalue weighted by atomic mass is 10.2. The van der Waals surface area contributed by atoms with Crippen molar-refractivity contribution in [1.29, 1.82) is 0 Å². The third-order valence-electron chi connectivity index (χ3n) is 2.49. The third-order valence-corrected chi connectivity index (χ3v) is 3.54. The van der Waals surface area contributed by atoms with Crippen LogP contribution in [0.1, 0.15) is 5.56 Å². The van der Waals surface area contributed by atoms with Gasteiger partial charge in [0.05, 0.1) is 4.91 Å². The summed E-state index contributed by atoms with van der Waals surface area (Å²) in [6, 6.07) is 9.55. The van der Waals surface area contributed by atoms with Crippen molar-refractivity contribution in [2.24, 2.45) is 0 Å². The molecule has 1 heterocycles. The molecule has 4 nitrogen and oxygen atoms in total. The molecule has 0 aliphatic carbocycles. The number of thioether (sulfide) groups is 1. The number of halogens is 1. The number of benzene rings is 1. The van der Waals surface area contributed by atoms with Gasteiger partial charge in [0.15, 0.2) is 0 Å². The number of amides is 2. The standard InChI is InChI=1S/C14H10ClNO3S/c15-12(17)9-16-13(18)11(20-14(16)19)8-4-7-10-5-2-1-3-6-10/h1-8H,9H2. The lowest BCUT2D eigenvalue weighted by Gasteiger charge is -2.07. The Morgan fingerprint density at radius 1 is 1.25 bits per heavy atom. The fourth-order valence-electron chi connectivity index (χ4n) is 1.59. The third kappa shape index (κ3) is 3.59. The number of hydrogen-bond donors (Lipinski definition) is 0. The molecule has 1 fully saturated rings. The van der Waals surface area contributed by atoms with Gasteiger partial charge in [0.1, 0.15) is 6.54 Å². The van der Waals surface area contributed by atoms with Gasteiger partial charge >= 0.3 is 0 Å². The quantitative estimate of drug-likeness (QED) is 0.634. The number of carbonyl (C=O) groups excluding carboxylic acids is 3. The van der Waals surface area contributed by atoms with E-state index in [9.17, 15) is 14.4 Å². The normalized spacial score (nSPS) is 17.4. The number of carbonyl (C=O) groups is 3. The lowest BCUT2D eigenvalue weighted by Crippen LogP contribution is -2.31. The van der Waals surface area contributed by atoms with Gasteiger partial charge in [0, 0.05) is 0 Å². The Morgan fingerprint density at radius 2 is 1.95 bits per heavy atom. The summed E-state index contributed by atoms with van der Waals surface area (Å²) in [4.78, 5) is 35.3. The molecule has 0 spiro atoms. The van der Waals surface area contributed by atoms with Gasteiger partial charge in [0.2, 0.25) is 5.24 Å². The van der Waals surface area contributed by atoms with E-state index >= 15 is 0 Å². The molecule has 1 aliphatic heterocycles. The van der Waals surface area contributed by atoms with Gasteiger partial charge in [0.25, 0.3) is 11.1 Å². The van der Waals surface area contributed by atoms with Crippen molar-refractivity contribution in [2.45, 2.75) is 0 Å². The molecule has 0 atom stereocenters. The number of nitrogens with zero attached hydrogens (tertiary/aromatic N) is 1. The largest absolute Gasteiger partial charge is 0.294 e. The fraction of sp³-hybridized carbons (Fsp3) is 0.0714. The lowest BCUT2D eigenvalue weighted by molar-refractivity contribution is -0.125. The molecule has 0 bridgehead atoms. The molecule has 0 radical (unpaired) electrons. The van der Waals surface area contributed by atoms with E-state index in [0.717, 1.165) is 22.2 Å². The van der Waals surface area contributed by atoms with Crippen molar-refractivity contribution in [2.75, 3.05) is 6.54 Å². The van der Waals surface area contributed by atoms with Crippen LogP contribution in [0, 0.1) is 0 Å². The van der Waals surface area contributed by atoms with E-state index in [2.05, 4.69) is 0 Å². The summed E-state index contributed by atoms with van der Waals surface area (Å²) in [6.07, 6.45) is 5.06. The predicted octanol–water partition coefficient (Wildman–Crippen LogP) is 3.04. The average Bonchev–Trinajstić information content (AvgIpc) is 2.67. The van der Waals surface area contributed by atoms with E-state index in [1.807, 2.05) is 36.4 Å². The molecule has 0 unspecified atom stereocenters. The second kappa shape index (κ2) is 6.54. The van der Waals surface area contributed by atoms with Gasteiger partial charge in [-0.05, 0) is 35.0 Å². The maximum Gasteiger partial charge on any atom is 0.294 e. The first kappa shape index (κ1) is 14.6. The Bertz CT molecular complexity index is 610. The Balaban J connectivity index is 2.08. The monoisotopic (exact) mass is 307 g/mol. The van der Waals surface area contributed by atoms with Gasteiger partial charge in [-0.2, -0.15) is 0 Å². The summed E-state index contributed by atoms with van der Waals surface area (Å²) in [5.41, 5.74) is 0.985. The molecule has 1 aliphatic rings. The molecule has 2 amide bonds. The molecule has 1 saturated heterocycles. The Hall–Kier alpha value is -1.85. The van der Waals surface area contributed by atoms with Gasteiger partial charge in [-0.1, -0.05) is 42.5 Å². The van der Waals surface area contributed by atoms with Crippen LogP contribution in [0.3, 0.4) is 0 Å². The molecule has 0 aromatic heterocycles. The second-order valence-corrected chi connectivity index (χ2v) is 5.33. The zero-order valence-electron chi connectivity index (χ0n) is 10.3. The molecular weight excluding hydrogens is 298 g/mol. The van der Waals surface area contributed by atoms with Crippen molar-refractivity contribution in [3.8, 4) is 0 Å². The Morgan fingerprint density at radius 3 is 2.60 bits per heavy atom. The average molecular weight is 308 g/mol. The number of hydrogen-bond acceptors (Lipinski definition) is 4. The van der Waals surface area contributed by atoms with Crippen molar-refractivity contribution >= 4 is 45.8 Å². The summed E-state index contributed by atoms with van der Waals surface area (Å²) >= 11 is 5.99. The van der Waals surface area contributed by atoms with E-state index in [1.54, 1.807) is 12.2 Å². The maximum absolute atomic E-state index is 11.9. The fourth-order valence-corrected chi connectivity index (χ4v) is 2.49. The summed E-state index contributed by atoms with van der Waals surface area (Å²) in [7, 11) is 0. The minimum Gasteiger partial charge on any atom is -0.279 e. The van der Waals surface area contributed by atoms with Crippen LogP contribution in [0.4, 0.5) is 4.79 Å². The van der Waals surface area contributed by atoms with E-state index < -0.39 is 22.9 Å². The predicted molar refractivity (Wildman–Crippen MR) is 79.1 cm³/mol. The van der Waals surface area contributed by atoms with E-state index in [1.165, 1.54) is 0 Å². The molecule has 102 valence electrons.